The molecule has 0 aromatic rings. The standard InChI is InChI=1S/C14H28N2O/c1-4-6-8-10-12(14(15)17)13(16-3)11-9-7-5-2/h12-13H,3-11H2,1-2H3,(H2,15,17)/t12?,13-/m1/s1. The van der Waals surface area contributed by atoms with Crippen LogP contribution in [0.15, 0.2) is 4.99 Å². The number of primary amides is 1. The fourth-order valence-corrected chi connectivity index (χ4v) is 2.16. The molecule has 0 saturated heterocycles. The largest absolute Gasteiger partial charge is 0.369 e. The second-order valence-corrected chi connectivity index (χ2v) is 4.75. The molecule has 0 heterocycles. The zero-order chi connectivity index (χ0) is 13.1. The predicted octanol–water partition coefficient (Wildman–Crippen LogP) is 3.32. The van der Waals surface area contributed by atoms with Crippen molar-refractivity contribution in [1.82, 2.24) is 0 Å². The maximum Gasteiger partial charge on any atom is 0.222 e. The molecule has 0 rings (SSSR count). The summed E-state index contributed by atoms with van der Waals surface area (Å²) in [5, 5.41) is 0. The average molecular weight is 240 g/mol. The topological polar surface area (TPSA) is 55.4 Å². The van der Waals surface area contributed by atoms with Crippen molar-refractivity contribution in [1.29, 1.82) is 0 Å². The Hall–Kier alpha value is -0.860. The van der Waals surface area contributed by atoms with Crippen molar-refractivity contribution in [3.63, 3.8) is 0 Å². The van der Waals surface area contributed by atoms with Crippen LogP contribution in [-0.4, -0.2) is 18.7 Å². The van der Waals surface area contributed by atoms with Crippen LogP contribution in [0, 0.1) is 5.92 Å². The number of unbranched alkanes of at least 4 members (excludes halogenated alkanes) is 4. The first-order valence-electron chi connectivity index (χ1n) is 6.92. The van der Waals surface area contributed by atoms with Gasteiger partial charge >= 0.3 is 0 Å². The summed E-state index contributed by atoms with van der Waals surface area (Å²) >= 11 is 0. The van der Waals surface area contributed by atoms with Crippen molar-refractivity contribution in [3.05, 3.63) is 0 Å². The van der Waals surface area contributed by atoms with Crippen LogP contribution >= 0.6 is 0 Å². The molecule has 100 valence electrons. The third kappa shape index (κ3) is 7.14. The SMILES string of the molecule is C=N[C@H](CCCCC)C(CCCCC)C(N)=O. The van der Waals surface area contributed by atoms with E-state index in [-0.39, 0.29) is 17.9 Å². The van der Waals surface area contributed by atoms with E-state index in [1.54, 1.807) is 0 Å². The molecule has 0 fully saturated rings. The molecule has 3 heteroatoms. The Labute approximate surface area is 106 Å². The van der Waals surface area contributed by atoms with Gasteiger partial charge in [-0.05, 0) is 19.6 Å². The Morgan fingerprint density at radius 2 is 1.65 bits per heavy atom. The van der Waals surface area contributed by atoms with Crippen molar-refractivity contribution >= 4 is 12.6 Å². The van der Waals surface area contributed by atoms with Gasteiger partial charge in [0.1, 0.15) is 0 Å². The molecular formula is C14H28N2O. The van der Waals surface area contributed by atoms with Crippen LogP contribution in [0.2, 0.25) is 0 Å². The van der Waals surface area contributed by atoms with Gasteiger partial charge in [-0.15, -0.1) is 0 Å². The van der Waals surface area contributed by atoms with E-state index in [1.807, 2.05) is 0 Å². The maximum atomic E-state index is 11.5. The van der Waals surface area contributed by atoms with Crippen LogP contribution in [-0.2, 0) is 4.79 Å². The Bertz CT molecular complexity index is 216. The van der Waals surface area contributed by atoms with Crippen LogP contribution in [0.3, 0.4) is 0 Å². The minimum Gasteiger partial charge on any atom is -0.369 e. The number of carbonyl (C=O) groups is 1. The van der Waals surface area contributed by atoms with Crippen molar-refractivity contribution in [2.75, 3.05) is 0 Å². The number of hydrogen-bond donors (Lipinski definition) is 1. The molecule has 0 aliphatic heterocycles. The lowest BCUT2D eigenvalue weighted by Gasteiger charge is -2.21. The first-order chi connectivity index (χ1) is 8.17. The summed E-state index contributed by atoms with van der Waals surface area (Å²) in [7, 11) is 0. The molecule has 0 spiro atoms. The van der Waals surface area contributed by atoms with E-state index < -0.39 is 0 Å². The lowest BCUT2D eigenvalue weighted by molar-refractivity contribution is -0.122. The van der Waals surface area contributed by atoms with Crippen LogP contribution in [0.4, 0.5) is 0 Å². The van der Waals surface area contributed by atoms with Crippen LogP contribution in [0.5, 0.6) is 0 Å². The second-order valence-electron chi connectivity index (χ2n) is 4.75. The molecule has 0 bridgehead atoms. The fraction of sp³-hybridized carbons (Fsp3) is 0.857. The fourth-order valence-electron chi connectivity index (χ4n) is 2.16. The maximum absolute atomic E-state index is 11.5. The van der Waals surface area contributed by atoms with Crippen molar-refractivity contribution in [3.8, 4) is 0 Å². The third-order valence-corrected chi connectivity index (χ3v) is 3.29. The Balaban J connectivity index is 4.20. The lowest BCUT2D eigenvalue weighted by atomic mass is 9.89. The summed E-state index contributed by atoms with van der Waals surface area (Å²) in [5.41, 5.74) is 5.47. The molecule has 0 aromatic carbocycles. The highest BCUT2D eigenvalue weighted by Crippen LogP contribution is 2.21. The first kappa shape index (κ1) is 16.1. The van der Waals surface area contributed by atoms with E-state index in [0.29, 0.717) is 0 Å². The number of amides is 1. The number of nitrogens with zero attached hydrogens (tertiary/aromatic N) is 1. The first-order valence-corrected chi connectivity index (χ1v) is 6.92. The smallest absolute Gasteiger partial charge is 0.222 e. The molecule has 0 saturated carbocycles. The van der Waals surface area contributed by atoms with E-state index in [1.165, 1.54) is 12.8 Å². The molecule has 0 aromatic heterocycles. The van der Waals surface area contributed by atoms with E-state index in [9.17, 15) is 4.79 Å². The highest BCUT2D eigenvalue weighted by Gasteiger charge is 2.24. The van der Waals surface area contributed by atoms with Crippen molar-refractivity contribution < 1.29 is 4.79 Å². The molecule has 2 N–H and O–H groups in total. The van der Waals surface area contributed by atoms with E-state index in [4.69, 9.17) is 5.73 Å². The minimum absolute atomic E-state index is 0.0240. The Morgan fingerprint density at radius 1 is 1.12 bits per heavy atom. The third-order valence-electron chi connectivity index (χ3n) is 3.29. The molecule has 0 radical (unpaired) electrons. The number of aliphatic imine (C=N–C) groups is 1. The normalized spacial score (nSPS) is 14.2. The van der Waals surface area contributed by atoms with Gasteiger partial charge in [0.2, 0.25) is 5.91 Å². The summed E-state index contributed by atoms with van der Waals surface area (Å²) in [6, 6.07) is 0.0240. The van der Waals surface area contributed by atoms with E-state index in [2.05, 4.69) is 25.6 Å². The van der Waals surface area contributed by atoms with Crippen molar-refractivity contribution in [2.45, 2.75) is 71.3 Å². The molecule has 0 aliphatic rings. The van der Waals surface area contributed by atoms with Gasteiger partial charge in [-0.1, -0.05) is 52.4 Å². The second kappa shape index (κ2) is 10.3. The molecule has 17 heavy (non-hydrogen) atoms. The zero-order valence-electron chi connectivity index (χ0n) is 11.5. The summed E-state index contributed by atoms with van der Waals surface area (Å²) in [4.78, 5) is 15.6. The zero-order valence-corrected chi connectivity index (χ0v) is 11.5. The van der Waals surface area contributed by atoms with Crippen molar-refractivity contribution in [2.24, 2.45) is 16.6 Å². The van der Waals surface area contributed by atoms with Gasteiger partial charge in [0.25, 0.3) is 0 Å². The van der Waals surface area contributed by atoms with Gasteiger partial charge in [0.05, 0.1) is 12.0 Å². The summed E-state index contributed by atoms with van der Waals surface area (Å²) in [5.74, 6) is -0.328. The molecule has 0 aliphatic carbocycles. The Kier molecular flexibility index (Phi) is 9.78. The number of nitrogens with two attached hydrogens (primary N) is 1. The summed E-state index contributed by atoms with van der Waals surface area (Å²) in [6.07, 6.45) is 8.65. The summed E-state index contributed by atoms with van der Waals surface area (Å²) in [6.45, 7) is 7.94. The van der Waals surface area contributed by atoms with Gasteiger partial charge in [-0.2, -0.15) is 0 Å². The van der Waals surface area contributed by atoms with Crippen LogP contribution in [0.1, 0.15) is 65.2 Å². The number of hydrogen-bond acceptors (Lipinski definition) is 2. The minimum atomic E-state index is -0.213. The highest BCUT2D eigenvalue weighted by atomic mass is 16.1. The monoisotopic (exact) mass is 240 g/mol. The molecule has 1 amide bonds. The lowest BCUT2D eigenvalue weighted by Crippen LogP contribution is -2.32. The van der Waals surface area contributed by atoms with Gasteiger partial charge < -0.3 is 5.73 Å². The number of carbonyl (C=O) groups excluding carboxylic acids is 1. The molecular weight excluding hydrogens is 212 g/mol. The number of rotatable bonds is 11. The van der Waals surface area contributed by atoms with Crippen LogP contribution < -0.4 is 5.73 Å². The van der Waals surface area contributed by atoms with Crippen LogP contribution in [0.25, 0.3) is 0 Å². The molecule has 2 atom stereocenters. The van der Waals surface area contributed by atoms with Gasteiger partial charge in [0.15, 0.2) is 0 Å². The molecule has 3 nitrogen and oxygen atoms in total. The Morgan fingerprint density at radius 3 is 2.06 bits per heavy atom. The van der Waals surface area contributed by atoms with Gasteiger partial charge in [-0.3, -0.25) is 9.79 Å². The van der Waals surface area contributed by atoms with E-state index >= 15 is 0 Å². The average Bonchev–Trinajstić information content (AvgIpc) is 2.31. The van der Waals surface area contributed by atoms with Gasteiger partial charge in [-0.25, -0.2) is 0 Å². The summed E-state index contributed by atoms with van der Waals surface area (Å²) < 4.78 is 0. The predicted molar refractivity (Wildman–Crippen MR) is 74.3 cm³/mol. The van der Waals surface area contributed by atoms with Gasteiger partial charge in [0, 0.05) is 0 Å². The molecule has 1 unspecified atom stereocenters. The highest BCUT2D eigenvalue weighted by molar-refractivity contribution is 5.77. The quantitative estimate of drug-likeness (QED) is 0.437. The van der Waals surface area contributed by atoms with E-state index in [0.717, 1.165) is 38.5 Å².